The van der Waals surface area contributed by atoms with Crippen LogP contribution in [0.3, 0.4) is 0 Å². The highest BCUT2D eigenvalue weighted by atomic mass is 35.5. The summed E-state index contributed by atoms with van der Waals surface area (Å²) >= 11 is 11.6. The SMILES string of the molecule is Nc1cc(Cl)nc(Nc2ccc(F)cc2Cl)c1. The zero-order chi connectivity index (χ0) is 12.4. The Kier molecular flexibility index (Phi) is 3.36. The normalized spacial score (nSPS) is 10.3. The number of nitrogens with one attached hydrogen (secondary N) is 1. The third-order valence-electron chi connectivity index (χ3n) is 2.01. The highest BCUT2D eigenvalue weighted by molar-refractivity contribution is 6.33. The maximum atomic E-state index is 12.8. The molecule has 0 atom stereocenters. The summed E-state index contributed by atoms with van der Waals surface area (Å²) < 4.78 is 12.8. The first-order chi connectivity index (χ1) is 8.04. The van der Waals surface area contributed by atoms with Crippen molar-refractivity contribution in [3.8, 4) is 0 Å². The minimum absolute atomic E-state index is 0.255. The summed E-state index contributed by atoms with van der Waals surface area (Å²) in [5, 5.41) is 3.43. The Balaban J connectivity index is 2.31. The Labute approximate surface area is 107 Å². The fraction of sp³-hybridized carbons (Fsp3) is 0. The van der Waals surface area contributed by atoms with Crippen molar-refractivity contribution in [2.24, 2.45) is 0 Å². The topological polar surface area (TPSA) is 50.9 Å². The van der Waals surface area contributed by atoms with E-state index in [0.717, 1.165) is 0 Å². The van der Waals surface area contributed by atoms with Crippen LogP contribution in [-0.4, -0.2) is 4.98 Å². The molecule has 1 heterocycles. The lowest BCUT2D eigenvalue weighted by Crippen LogP contribution is -1.97. The monoisotopic (exact) mass is 271 g/mol. The Hall–Kier alpha value is -1.52. The van der Waals surface area contributed by atoms with Crippen LogP contribution in [0.25, 0.3) is 0 Å². The van der Waals surface area contributed by atoms with Crippen molar-refractivity contribution in [1.29, 1.82) is 0 Å². The van der Waals surface area contributed by atoms with Crippen molar-refractivity contribution in [3.63, 3.8) is 0 Å². The number of benzene rings is 1. The van der Waals surface area contributed by atoms with Crippen LogP contribution in [0, 0.1) is 5.82 Å². The average molecular weight is 272 g/mol. The van der Waals surface area contributed by atoms with E-state index in [1.807, 2.05) is 0 Å². The summed E-state index contributed by atoms with van der Waals surface area (Å²) in [6.45, 7) is 0. The number of nitrogens with zero attached hydrogens (tertiary/aromatic N) is 1. The molecule has 0 amide bonds. The van der Waals surface area contributed by atoms with E-state index in [0.29, 0.717) is 17.2 Å². The van der Waals surface area contributed by atoms with Gasteiger partial charge in [-0.05, 0) is 24.3 Å². The molecule has 2 rings (SSSR count). The van der Waals surface area contributed by atoms with E-state index >= 15 is 0 Å². The summed E-state index contributed by atoms with van der Waals surface area (Å²) in [7, 11) is 0. The Morgan fingerprint density at radius 3 is 2.59 bits per heavy atom. The quantitative estimate of drug-likeness (QED) is 0.816. The summed E-state index contributed by atoms with van der Waals surface area (Å²) in [4.78, 5) is 4.01. The zero-order valence-corrected chi connectivity index (χ0v) is 10.1. The Bertz CT molecular complexity index is 540. The second-order valence-electron chi connectivity index (χ2n) is 3.36. The molecule has 3 N–H and O–H groups in total. The number of hydrogen-bond donors (Lipinski definition) is 2. The Morgan fingerprint density at radius 2 is 1.94 bits per heavy atom. The van der Waals surface area contributed by atoms with Crippen LogP contribution in [0.1, 0.15) is 0 Å². The summed E-state index contributed by atoms with van der Waals surface area (Å²) in [6, 6.07) is 7.14. The van der Waals surface area contributed by atoms with Crippen molar-refractivity contribution >= 4 is 40.4 Å². The molecular weight excluding hydrogens is 264 g/mol. The summed E-state index contributed by atoms with van der Waals surface area (Å²) in [5.74, 6) is 0.0441. The molecule has 2 aromatic rings. The number of nitrogens with two attached hydrogens (primary N) is 1. The van der Waals surface area contributed by atoms with E-state index in [2.05, 4.69) is 10.3 Å². The summed E-state index contributed by atoms with van der Waals surface area (Å²) in [5.41, 5.74) is 6.63. The van der Waals surface area contributed by atoms with Crippen LogP contribution in [0.15, 0.2) is 30.3 Å². The fourth-order valence-corrected chi connectivity index (χ4v) is 1.74. The van der Waals surface area contributed by atoms with Crippen molar-refractivity contribution in [1.82, 2.24) is 4.98 Å². The van der Waals surface area contributed by atoms with Gasteiger partial charge in [0.15, 0.2) is 0 Å². The number of aromatic nitrogens is 1. The van der Waals surface area contributed by atoms with E-state index in [4.69, 9.17) is 28.9 Å². The van der Waals surface area contributed by atoms with Gasteiger partial charge < -0.3 is 11.1 Å². The first-order valence-corrected chi connectivity index (χ1v) is 5.45. The van der Waals surface area contributed by atoms with Gasteiger partial charge >= 0.3 is 0 Å². The predicted molar refractivity (Wildman–Crippen MR) is 68.4 cm³/mol. The van der Waals surface area contributed by atoms with E-state index in [-0.39, 0.29) is 10.2 Å². The van der Waals surface area contributed by atoms with Crippen molar-refractivity contribution in [3.05, 3.63) is 46.3 Å². The molecule has 3 nitrogen and oxygen atoms in total. The first kappa shape index (κ1) is 12.0. The van der Waals surface area contributed by atoms with Crippen LogP contribution in [0.2, 0.25) is 10.2 Å². The highest BCUT2D eigenvalue weighted by Gasteiger charge is 2.04. The maximum absolute atomic E-state index is 12.8. The second kappa shape index (κ2) is 4.77. The highest BCUT2D eigenvalue weighted by Crippen LogP contribution is 2.26. The van der Waals surface area contributed by atoms with Crippen molar-refractivity contribution in [2.75, 3.05) is 11.1 Å². The molecule has 1 aromatic carbocycles. The van der Waals surface area contributed by atoms with Gasteiger partial charge in [0.2, 0.25) is 0 Å². The van der Waals surface area contributed by atoms with Gasteiger partial charge in [0, 0.05) is 11.8 Å². The molecule has 0 radical (unpaired) electrons. The smallest absolute Gasteiger partial charge is 0.134 e. The number of hydrogen-bond acceptors (Lipinski definition) is 3. The fourth-order valence-electron chi connectivity index (χ4n) is 1.31. The molecule has 0 bridgehead atoms. The van der Waals surface area contributed by atoms with Crippen LogP contribution >= 0.6 is 23.2 Å². The first-order valence-electron chi connectivity index (χ1n) is 4.70. The maximum Gasteiger partial charge on any atom is 0.134 e. The van der Waals surface area contributed by atoms with Gasteiger partial charge in [0.25, 0.3) is 0 Å². The Morgan fingerprint density at radius 1 is 1.18 bits per heavy atom. The molecule has 88 valence electrons. The third kappa shape index (κ3) is 2.99. The van der Waals surface area contributed by atoms with E-state index in [1.165, 1.54) is 24.3 Å². The number of halogens is 3. The molecule has 0 saturated heterocycles. The lowest BCUT2D eigenvalue weighted by atomic mass is 10.3. The van der Waals surface area contributed by atoms with Crippen LogP contribution in [0.5, 0.6) is 0 Å². The lowest BCUT2D eigenvalue weighted by molar-refractivity contribution is 0.628. The zero-order valence-electron chi connectivity index (χ0n) is 8.55. The van der Waals surface area contributed by atoms with Gasteiger partial charge in [0.1, 0.15) is 16.8 Å². The van der Waals surface area contributed by atoms with E-state index in [1.54, 1.807) is 6.07 Å². The van der Waals surface area contributed by atoms with Crippen LogP contribution < -0.4 is 11.1 Å². The predicted octanol–water partition coefficient (Wildman–Crippen LogP) is 3.85. The van der Waals surface area contributed by atoms with Crippen molar-refractivity contribution < 1.29 is 4.39 Å². The van der Waals surface area contributed by atoms with Gasteiger partial charge in [-0.1, -0.05) is 23.2 Å². The molecule has 0 spiro atoms. The minimum Gasteiger partial charge on any atom is -0.399 e. The molecule has 1 aromatic heterocycles. The molecule has 6 heteroatoms. The number of nitrogen functional groups attached to an aromatic ring is 1. The molecule has 0 aliphatic heterocycles. The van der Waals surface area contributed by atoms with E-state index in [9.17, 15) is 4.39 Å². The molecule has 0 aliphatic carbocycles. The molecule has 0 fully saturated rings. The largest absolute Gasteiger partial charge is 0.399 e. The second-order valence-corrected chi connectivity index (χ2v) is 4.15. The molecule has 17 heavy (non-hydrogen) atoms. The minimum atomic E-state index is -0.404. The number of rotatable bonds is 2. The molecule has 0 aliphatic rings. The van der Waals surface area contributed by atoms with Gasteiger partial charge in [-0.25, -0.2) is 9.37 Å². The third-order valence-corrected chi connectivity index (χ3v) is 2.52. The van der Waals surface area contributed by atoms with Crippen molar-refractivity contribution in [2.45, 2.75) is 0 Å². The van der Waals surface area contributed by atoms with Crippen LogP contribution in [-0.2, 0) is 0 Å². The van der Waals surface area contributed by atoms with Gasteiger partial charge in [-0.3, -0.25) is 0 Å². The molecule has 0 saturated carbocycles. The van der Waals surface area contributed by atoms with Gasteiger partial charge in [-0.2, -0.15) is 0 Å². The van der Waals surface area contributed by atoms with Crippen LogP contribution in [0.4, 0.5) is 21.6 Å². The molecular formula is C11H8Cl2FN3. The number of pyridine rings is 1. The standard InChI is InChI=1S/C11H8Cl2FN3/c12-8-3-6(14)1-2-9(8)16-11-5-7(15)4-10(13)17-11/h1-5H,(H3,15,16,17). The molecule has 0 unspecified atom stereocenters. The average Bonchev–Trinajstić information content (AvgIpc) is 2.21. The summed E-state index contributed by atoms with van der Waals surface area (Å²) in [6.07, 6.45) is 0. The van der Waals surface area contributed by atoms with Gasteiger partial charge in [0.05, 0.1) is 10.7 Å². The lowest BCUT2D eigenvalue weighted by Gasteiger charge is -2.08. The van der Waals surface area contributed by atoms with E-state index < -0.39 is 5.82 Å². The number of anilines is 3. The van der Waals surface area contributed by atoms with Gasteiger partial charge in [-0.15, -0.1) is 0 Å².